The molecular formula is C15H22N2O2. The van der Waals surface area contributed by atoms with Crippen LogP contribution in [0.25, 0.3) is 0 Å². The van der Waals surface area contributed by atoms with E-state index in [1.54, 1.807) is 0 Å². The van der Waals surface area contributed by atoms with Crippen molar-refractivity contribution >= 4 is 0 Å². The molecule has 1 aromatic rings. The highest BCUT2D eigenvalue weighted by Crippen LogP contribution is 2.36. The Labute approximate surface area is 114 Å². The van der Waals surface area contributed by atoms with E-state index in [0.29, 0.717) is 12.1 Å². The normalized spacial score (nSPS) is 24.7. The summed E-state index contributed by atoms with van der Waals surface area (Å²) in [4.78, 5) is 4.18. The van der Waals surface area contributed by atoms with Crippen molar-refractivity contribution in [3.05, 3.63) is 30.1 Å². The van der Waals surface area contributed by atoms with Crippen LogP contribution in [0.3, 0.4) is 0 Å². The molecule has 4 heteroatoms. The topological polar surface area (TPSA) is 43.4 Å². The predicted molar refractivity (Wildman–Crippen MR) is 72.7 cm³/mol. The van der Waals surface area contributed by atoms with Crippen LogP contribution in [0.4, 0.5) is 0 Å². The van der Waals surface area contributed by atoms with Crippen LogP contribution < -0.4 is 5.32 Å². The van der Waals surface area contributed by atoms with Crippen LogP contribution >= 0.6 is 0 Å². The number of nitrogens with one attached hydrogen (secondary N) is 1. The highest BCUT2D eigenvalue weighted by molar-refractivity contribution is 5.13. The van der Waals surface area contributed by atoms with Crippen molar-refractivity contribution < 1.29 is 9.47 Å². The van der Waals surface area contributed by atoms with Gasteiger partial charge in [-0.05, 0) is 31.4 Å². The Morgan fingerprint density at radius 3 is 2.68 bits per heavy atom. The summed E-state index contributed by atoms with van der Waals surface area (Å²) in [6, 6.07) is 5.01. The number of aromatic nitrogens is 1. The third-order valence-electron chi connectivity index (χ3n) is 4.23. The second-order valence-electron chi connectivity index (χ2n) is 5.56. The lowest BCUT2D eigenvalue weighted by atomic mass is 9.89. The molecule has 0 amide bonds. The highest BCUT2D eigenvalue weighted by atomic mass is 16.7. The van der Waals surface area contributed by atoms with Gasteiger partial charge in [0.15, 0.2) is 5.79 Å². The molecule has 4 nitrogen and oxygen atoms in total. The second-order valence-corrected chi connectivity index (χ2v) is 5.56. The summed E-state index contributed by atoms with van der Waals surface area (Å²) in [6.07, 6.45) is 7.99. The Hall–Kier alpha value is -0.970. The van der Waals surface area contributed by atoms with Crippen molar-refractivity contribution in [2.24, 2.45) is 0 Å². The van der Waals surface area contributed by atoms with Crippen LogP contribution in [0.15, 0.2) is 24.5 Å². The SMILES string of the molecule is C[C@H](NC1CCC2(CC1)OCCO2)c1cccnc1. The van der Waals surface area contributed by atoms with Gasteiger partial charge in [0.1, 0.15) is 0 Å². The number of rotatable bonds is 3. The maximum absolute atomic E-state index is 5.76. The predicted octanol–water partition coefficient (Wildman–Crippen LogP) is 2.42. The summed E-state index contributed by atoms with van der Waals surface area (Å²) >= 11 is 0. The molecule has 1 saturated heterocycles. The molecule has 1 N–H and O–H groups in total. The summed E-state index contributed by atoms with van der Waals surface area (Å²) in [5, 5.41) is 3.69. The summed E-state index contributed by atoms with van der Waals surface area (Å²) < 4.78 is 11.5. The maximum atomic E-state index is 5.76. The van der Waals surface area contributed by atoms with Crippen molar-refractivity contribution in [2.45, 2.75) is 50.5 Å². The van der Waals surface area contributed by atoms with Gasteiger partial charge in [0.05, 0.1) is 13.2 Å². The van der Waals surface area contributed by atoms with E-state index in [9.17, 15) is 0 Å². The van der Waals surface area contributed by atoms with Crippen molar-refractivity contribution in [1.82, 2.24) is 10.3 Å². The third kappa shape index (κ3) is 2.96. The van der Waals surface area contributed by atoms with Gasteiger partial charge in [-0.25, -0.2) is 0 Å². The van der Waals surface area contributed by atoms with Crippen LogP contribution in [0, 0.1) is 0 Å². The van der Waals surface area contributed by atoms with Crippen LogP contribution in [0.1, 0.15) is 44.2 Å². The van der Waals surface area contributed by atoms with Crippen molar-refractivity contribution in [3.63, 3.8) is 0 Å². The van der Waals surface area contributed by atoms with Gasteiger partial charge < -0.3 is 14.8 Å². The smallest absolute Gasteiger partial charge is 0.168 e. The minimum atomic E-state index is -0.254. The molecule has 1 aromatic heterocycles. The number of hydrogen-bond donors (Lipinski definition) is 1. The first-order valence-corrected chi connectivity index (χ1v) is 7.21. The molecule has 19 heavy (non-hydrogen) atoms. The molecule has 104 valence electrons. The second kappa shape index (κ2) is 5.57. The van der Waals surface area contributed by atoms with Crippen molar-refractivity contribution in [3.8, 4) is 0 Å². The fourth-order valence-corrected chi connectivity index (χ4v) is 3.09. The zero-order chi connectivity index (χ0) is 13.1. The van der Waals surface area contributed by atoms with E-state index < -0.39 is 0 Å². The Morgan fingerprint density at radius 1 is 1.32 bits per heavy atom. The molecule has 1 spiro atoms. The van der Waals surface area contributed by atoms with Gasteiger partial charge in [-0.1, -0.05) is 6.07 Å². The lowest BCUT2D eigenvalue weighted by Crippen LogP contribution is -2.42. The van der Waals surface area contributed by atoms with E-state index in [-0.39, 0.29) is 5.79 Å². The van der Waals surface area contributed by atoms with Crippen LogP contribution in [0.2, 0.25) is 0 Å². The van der Waals surface area contributed by atoms with Gasteiger partial charge >= 0.3 is 0 Å². The summed E-state index contributed by atoms with van der Waals surface area (Å²) in [7, 11) is 0. The van der Waals surface area contributed by atoms with Gasteiger partial charge in [0.2, 0.25) is 0 Å². The van der Waals surface area contributed by atoms with Gasteiger partial charge in [0.25, 0.3) is 0 Å². The first kappa shape index (κ1) is 13.0. The standard InChI is InChI=1S/C15H22N2O2/c1-12(13-3-2-8-16-11-13)17-14-4-6-15(7-5-14)18-9-10-19-15/h2-3,8,11-12,14,17H,4-7,9-10H2,1H3/t12-/m0/s1. The minimum Gasteiger partial charge on any atom is -0.348 e. The lowest BCUT2D eigenvalue weighted by molar-refractivity contribution is -0.179. The summed E-state index contributed by atoms with van der Waals surface area (Å²) in [5.74, 6) is -0.254. The fraction of sp³-hybridized carbons (Fsp3) is 0.667. The Kier molecular flexibility index (Phi) is 3.82. The highest BCUT2D eigenvalue weighted by Gasteiger charge is 2.40. The molecular weight excluding hydrogens is 240 g/mol. The largest absolute Gasteiger partial charge is 0.348 e. The average molecular weight is 262 g/mol. The molecule has 0 aromatic carbocycles. The Morgan fingerprint density at radius 2 is 2.05 bits per heavy atom. The zero-order valence-electron chi connectivity index (χ0n) is 11.5. The molecule has 1 aliphatic heterocycles. The molecule has 1 aliphatic carbocycles. The van der Waals surface area contributed by atoms with E-state index >= 15 is 0 Å². The first-order chi connectivity index (χ1) is 9.27. The lowest BCUT2D eigenvalue weighted by Gasteiger charge is -2.36. The maximum Gasteiger partial charge on any atom is 0.168 e. The Bertz CT molecular complexity index is 394. The fourth-order valence-electron chi connectivity index (χ4n) is 3.09. The van der Waals surface area contributed by atoms with Crippen LogP contribution in [0.5, 0.6) is 0 Å². The van der Waals surface area contributed by atoms with Crippen molar-refractivity contribution in [2.75, 3.05) is 13.2 Å². The zero-order valence-corrected chi connectivity index (χ0v) is 11.5. The summed E-state index contributed by atoms with van der Waals surface area (Å²) in [5.41, 5.74) is 1.25. The number of ether oxygens (including phenoxy) is 2. The molecule has 1 saturated carbocycles. The van der Waals surface area contributed by atoms with E-state index in [4.69, 9.17) is 9.47 Å². The monoisotopic (exact) mass is 262 g/mol. The molecule has 2 fully saturated rings. The summed E-state index contributed by atoms with van der Waals surface area (Å²) in [6.45, 7) is 3.71. The molecule has 2 heterocycles. The van der Waals surface area contributed by atoms with Crippen LogP contribution in [-0.2, 0) is 9.47 Å². The molecule has 1 atom stereocenters. The number of nitrogens with zero attached hydrogens (tertiary/aromatic N) is 1. The number of pyridine rings is 1. The molecule has 2 aliphatic rings. The molecule has 0 unspecified atom stereocenters. The quantitative estimate of drug-likeness (QED) is 0.908. The van der Waals surface area contributed by atoms with E-state index in [2.05, 4.69) is 23.3 Å². The van der Waals surface area contributed by atoms with Gasteiger partial charge in [-0.2, -0.15) is 0 Å². The van der Waals surface area contributed by atoms with E-state index in [0.717, 1.165) is 38.9 Å². The first-order valence-electron chi connectivity index (χ1n) is 7.21. The average Bonchev–Trinajstić information content (AvgIpc) is 2.91. The van der Waals surface area contributed by atoms with E-state index in [1.807, 2.05) is 18.5 Å². The van der Waals surface area contributed by atoms with Gasteiger partial charge in [-0.15, -0.1) is 0 Å². The molecule has 0 radical (unpaired) electrons. The third-order valence-corrected chi connectivity index (χ3v) is 4.23. The van der Waals surface area contributed by atoms with Crippen LogP contribution in [-0.4, -0.2) is 30.0 Å². The van der Waals surface area contributed by atoms with Crippen molar-refractivity contribution in [1.29, 1.82) is 0 Å². The van der Waals surface area contributed by atoms with E-state index in [1.165, 1.54) is 5.56 Å². The Balaban J connectivity index is 1.52. The molecule has 0 bridgehead atoms. The minimum absolute atomic E-state index is 0.254. The van der Waals surface area contributed by atoms with Gasteiger partial charge in [-0.3, -0.25) is 4.98 Å². The number of hydrogen-bond acceptors (Lipinski definition) is 4. The molecule has 3 rings (SSSR count). The van der Waals surface area contributed by atoms with Gasteiger partial charge in [0, 0.05) is 37.3 Å².